The van der Waals surface area contributed by atoms with Gasteiger partial charge in [0, 0.05) is 11.3 Å². The third kappa shape index (κ3) is 3.35. The predicted molar refractivity (Wildman–Crippen MR) is 89.3 cm³/mol. The van der Waals surface area contributed by atoms with Gasteiger partial charge in [-0.3, -0.25) is 9.59 Å². The molecule has 0 saturated heterocycles. The zero-order valence-corrected chi connectivity index (χ0v) is 13.8. The Labute approximate surface area is 135 Å². The number of fused-ring (bicyclic) bond motifs is 1. The highest BCUT2D eigenvalue weighted by molar-refractivity contribution is 7.17. The number of primary amides is 1. The summed E-state index contributed by atoms with van der Waals surface area (Å²) >= 11 is 1.54. The molecule has 4 nitrogen and oxygen atoms in total. The summed E-state index contributed by atoms with van der Waals surface area (Å²) in [5.41, 5.74) is 7.19. The van der Waals surface area contributed by atoms with Gasteiger partial charge < -0.3 is 11.1 Å². The van der Waals surface area contributed by atoms with Crippen molar-refractivity contribution in [1.82, 2.24) is 0 Å². The number of hydrogen-bond donors (Lipinski definition) is 2. The van der Waals surface area contributed by atoms with E-state index < -0.39 is 5.91 Å². The third-order valence-electron chi connectivity index (χ3n) is 4.93. The van der Waals surface area contributed by atoms with Crippen molar-refractivity contribution in [2.75, 3.05) is 5.32 Å². The number of carbonyl (C=O) groups excluding carboxylic acids is 2. The molecule has 0 aromatic carbocycles. The van der Waals surface area contributed by atoms with Crippen LogP contribution in [0, 0.1) is 5.92 Å². The summed E-state index contributed by atoms with van der Waals surface area (Å²) < 4.78 is 0. The molecule has 1 fully saturated rings. The Morgan fingerprint density at radius 3 is 2.59 bits per heavy atom. The number of rotatable bonds is 5. The van der Waals surface area contributed by atoms with Gasteiger partial charge in [-0.1, -0.05) is 25.7 Å². The molecule has 3 rings (SSSR count). The van der Waals surface area contributed by atoms with Gasteiger partial charge in [-0.2, -0.15) is 0 Å². The molecular weight excluding hydrogens is 296 g/mol. The predicted octanol–water partition coefficient (Wildman–Crippen LogP) is 3.63. The summed E-state index contributed by atoms with van der Waals surface area (Å²) in [6, 6.07) is 0. The zero-order chi connectivity index (χ0) is 15.5. The average molecular weight is 320 g/mol. The lowest BCUT2D eigenvalue weighted by Crippen LogP contribution is -2.18. The molecule has 3 N–H and O–H groups in total. The van der Waals surface area contributed by atoms with Gasteiger partial charge in [-0.05, 0) is 43.6 Å². The van der Waals surface area contributed by atoms with Crippen molar-refractivity contribution >= 4 is 28.2 Å². The molecule has 2 aliphatic carbocycles. The lowest BCUT2D eigenvalue weighted by molar-refractivity contribution is -0.116. The van der Waals surface area contributed by atoms with Crippen LogP contribution in [0.2, 0.25) is 0 Å². The van der Waals surface area contributed by atoms with E-state index in [9.17, 15) is 9.59 Å². The fourth-order valence-electron chi connectivity index (χ4n) is 3.74. The van der Waals surface area contributed by atoms with Gasteiger partial charge in [0.15, 0.2) is 0 Å². The first-order valence-electron chi connectivity index (χ1n) is 8.39. The standard InChI is InChI=1S/C17H24N2O2S/c18-16(21)15-12-7-3-4-8-13(12)22-17(15)19-14(20)10-9-11-5-1-2-6-11/h11H,1-10H2,(H2,18,21)(H,19,20). The molecule has 5 heteroatoms. The van der Waals surface area contributed by atoms with Crippen LogP contribution >= 0.6 is 11.3 Å². The van der Waals surface area contributed by atoms with E-state index in [4.69, 9.17) is 5.73 Å². The molecule has 1 aromatic rings. The minimum absolute atomic E-state index is 0.0213. The molecule has 1 saturated carbocycles. The molecule has 2 aliphatic rings. The summed E-state index contributed by atoms with van der Waals surface area (Å²) in [6.45, 7) is 0. The van der Waals surface area contributed by atoms with Crippen molar-refractivity contribution in [3.05, 3.63) is 16.0 Å². The minimum atomic E-state index is -0.412. The van der Waals surface area contributed by atoms with E-state index in [0.717, 1.165) is 37.7 Å². The van der Waals surface area contributed by atoms with E-state index in [1.165, 1.54) is 30.6 Å². The molecular formula is C17H24N2O2S. The number of amides is 2. The first-order valence-corrected chi connectivity index (χ1v) is 9.21. The van der Waals surface area contributed by atoms with E-state index in [0.29, 0.717) is 22.9 Å². The Morgan fingerprint density at radius 1 is 1.14 bits per heavy atom. The topological polar surface area (TPSA) is 72.2 Å². The Kier molecular flexibility index (Phi) is 4.81. The summed E-state index contributed by atoms with van der Waals surface area (Å²) in [4.78, 5) is 25.2. The molecule has 0 spiro atoms. The van der Waals surface area contributed by atoms with Crippen molar-refractivity contribution in [1.29, 1.82) is 0 Å². The maximum atomic E-state index is 12.2. The SMILES string of the molecule is NC(=O)c1c(NC(=O)CCC2CCCC2)sc2c1CCCC2. The second-order valence-electron chi connectivity index (χ2n) is 6.52. The summed E-state index contributed by atoms with van der Waals surface area (Å²) in [7, 11) is 0. The fraction of sp³-hybridized carbons (Fsp3) is 0.647. The fourth-order valence-corrected chi connectivity index (χ4v) is 5.05. The van der Waals surface area contributed by atoms with Crippen molar-refractivity contribution in [3.8, 4) is 0 Å². The van der Waals surface area contributed by atoms with Crippen LogP contribution in [0.1, 0.15) is 72.2 Å². The van der Waals surface area contributed by atoms with Crippen molar-refractivity contribution < 1.29 is 9.59 Å². The molecule has 120 valence electrons. The second kappa shape index (κ2) is 6.82. The number of thiophene rings is 1. The second-order valence-corrected chi connectivity index (χ2v) is 7.62. The van der Waals surface area contributed by atoms with Gasteiger partial charge in [0.25, 0.3) is 5.91 Å². The van der Waals surface area contributed by atoms with E-state index in [1.54, 1.807) is 11.3 Å². The monoisotopic (exact) mass is 320 g/mol. The van der Waals surface area contributed by atoms with Gasteiger partial charge in [-0.25, -0.2) is 0 Å². The first-order chi connectivity index (χ1) is 10.6. The van der Waals surface area contributed by atoms with Gasteiger partial charge in [0.2, 0.25) is 5.91 Å². The summed E-state index contributed by atoms with van der Waals surface area (Å²) in [5.74, 6) is 0.316. The van der Waals surface area contributed by atoms with Crippen LogP contribution in [-0.2, 0) is 17.6 Å². The molecule has 1 aromatic heterocycles. The van der Waals surface area contributed by atoms with Gasteiger partial charge in [-0.15, -0.1) is 11.3 Å². The number of carbonyl (C=O) groups is 2. The van der Waals surface area contributed by atoms with Gasteiger partial charge in [0.1, 0.15) is 5.00 Å². The third-order valence-corrected chi connectivity index (χ3v) is 6.13. The van der Waals surface area contributed by atoms with Crippen molar-refractivity contribution in [3.63, 3.8) is 0 Å². The maximum absolute atomic E-state index is 12.2. The Bertz CT molecular complexity index is 573. The van der Waals surface area contributed by atoms with E-state index in [1.807, 2.05) is 0 Å². The van der Waals surface area contributed by atoms with Gasteiger partial charge >= 0.3 is 0 Å². The van der Waals surface area contributed by atoms with E-state index in [2.05, 4.69) is 5.32 Å². The maximum Gasteiger partial charge on any atom is 0.251 e. The van der Waals surface area contributed by atoms with Gasteiger partial charge in [0.05, 0.1) is 5.56 Å². The molecule has 0 unspecified atom stereocenters. The molecule has 0 bridgehead atoms. The smallest absolute Gasteiger partial charge is 0.251 e. The lowest BCUT2D eigenvalue weighted by atomic mass is 9.95. The Morgan fingerprint density at radius 2 is 1.86 bits per heavy atom. The summed E-state index contributed by atoms with van der Waals surface area (Å²) in [6.07, 6.45) is 10.8. The van der Waals surface area contributed by atoms with Crippen LogP contribution in [0.3, 0.4) is 0 Å². The highest BCUT2D eigenvalue weighted by Gasteiger charge is 2.25. The van der Waals surface area contributed by atoms with Crippen LogP contribution in [-0.4, -0.2) is 11.8 Å². The summed E-state index contributed by atoms with van der Waals surface area (Å²) in [5, 5.41) is 3.63. The number of nitrogens with two attached hydrogens (primary N) is 1. The largest absolute Gasteiger partial charge is 0.365 e. The molecule has 2 amide bonds. The Balaban J connectivity index is 1.67. The number of aryl methyl sites for hydroxylation is 1. The molecule has 1 heterocycles. The highest BCUT2D eigenvalue weighted by atomic mass is 32.1. The van der Waals surface area contributed by atoms with Crippen molar-refractivity contribution in [2.45, 2.75) is 64.2 Å². The minimum Gasteiger partial charge on any atom is -0.365 e. The lowest BCUT2D eigenvalue weighted by Gasteiger charge is -2.11. The number of anilines is 1. The van der Waals surface area contributed by atoms with Crippen LogP contribution < -0.4 is 11.1 Å². The molecule has 22 heavy (non-hydrogen) atoms. The highest BCUT2D eigenvalue weighted by Crippen LogP contribution is 2.38. The van der Waals surface area contributed by atoms with Crippen molar-refractivity contribution in [2.24, 2.45) is 11.7 Å². The molecule has 0 atom stereocenters. The van der Waals surface area contributed by atoms with E-state index >= 15 is 0 Å². The molecule has 0 aliphatic heterocycles. The average Bonchev–Trinajstić information content (AvgIpc) is 3.11. The van der Waals surface area contributed by atoms with Crippen LogP contribution in [0.15, 0.2) is 0 Å². The number of nitrogens with one attached hydrogen (secondary N) is 1. The normalized spacial score (nSPS) is 18.2. The zero-order valence-electron chi connectivity index (χ0n) is 13.0. The van der Waals surface area contributed by atoms with Crippen LogP contribution in [0.25, 0.3) is 0 Å². The molecule has 0 radical (unpaired) electrons. The first kappa shape index (κ1) is 15.5. The van der Waals surface area contributed by atoms with E-state index in [-0.39, 0.29) is 5.91 Å². The quantitative estimate of drug-likeness (QED) is 0.869. The van der Waals surface area contributed by atoms with Crippen LogP contribution in [0.5, 0.6) is 0 Å². The number of hydrogen-bond acceptors (Lipinski definition) is 3. The Hall–Kier alpha value is -1.36. The van der Waals surface area contributed by atoms with Crippen LogP contribution in [0.4, 0.5) is 5.00 Å².